The van der Waals surface area contributed by atoms with Crippen molar-refractivity contribution in [1.29, 1.82) is 0 Å². The molecule has 0 spiro atoms. The van der Waals surface area contributed by atoms with Crippen LogP contribution in [0.2, 0.25) is 0 Å². The van der Waals surface area contributed by atoms with Crippen LogP contribution in [0.15, 0.2) is 0 Å². The van der Waals surface area contributed by atoms with E-state index in [1.54, 1.807) is 14.2 Å². The first-order valence-electron chi connectivity index (χ1n) is 25.0. The minimum Gasteiger partial charge on any atom is -0.479 e. The second-order valence-electron chi connectivity index (χ2n) is 14.5. The molecule has 0 aromatic carbocycles. The molecule has 24 nitrogen and oxygen atoms in total. The van der Waals surface area contributed by atoms with E-state index in [-0.39, 0.29) is 13.2 Å². The first kappa shape index (κ1) is 69.6. The summed E-state index contributed by atoms with van der Waals surface area (Å²) >= 11 is 0. The minimum absolute atomic E-state index is 0.0486. The standard InChI is InChI=1S/C47H94O24/c1-50-9-11-54-17-19-58-25-27-62-33-35-66-41-43-68-39-37-64-31-29-60-23-21-56-15-13-52-5-3-7-70-45-46(47(48)49)71-8-4-6-53-14-16-57-22-24-61-30-32-65-38-40-69-44-42-67-36-34-63-28-26-59-20-18-55-12-10-51-2/h46H,3-45H2,1-2H3,(H,48,49). The third-order valence-corrected chi connectivity index (χ3v) is 8.69. The van der Waals surface area contributed by atoms with Gasteiger partial charge in [-0.15, -0.1) is 0 Å². The third-order valence-electron chi connectivity index (χ3n) is 8.69. The maximum Gasteiger partial charge on any atom is 0.335 e. The fraction of sp³-hybridized carbons (Fsp3) is 0.979. The van der Waals surface area contributed by atoms with Crippen LogP contribution in [-0.4, -0.2) is 302 Å². The van der Waals surface area contributed by atoms with Gasteiger partial charge in [0, 0.05) is 34.0 Å². The Bertz CT molecular complexity index is 981. The van der Waals surface area contributed by atoms with Crippen LogP contribution in [0.5, 0.6) is 0 Å². The Morgan fingerprint density at radius 2 is 0.423 bits per heavy atom. The molecule has 0 aliphatic heterocycles. The zero-order valence-corrected chi connectivity index (χ0v) is 43.3. The molecule has 0 aromatic heterocycles. The highest BCUT2D eigenvalue weighted by molar-refractivity contribution is 5.72. The predicted octanol–water partition coefficient (Wildman–Crippen LogP) is 0.845. The normalized spacial score (nSPS) is 12.1. The van der Waals surface area contributed by atoms with Crippen LogP contribution in [0, 0.1) is 0 Å². The fourth-order valence-corrected chi connectivity index (χ4v) is 5.04. The number of carboxylic acid groups (broad SMARTS) is 1. The van der Waals surface area contributed by atoms with Crippen molar-refractivity contribution in [2.75, 3.05) is 285 Å². The summed E-state index contributed by atoms with van der Waals surface area (Å²) in [4.78, 5) is 11.5. The molecular weight excluding hydrogens is 948 g/mol. The summed E-state index contributed by atoms with van der Waals surface area (Å²) in [6.07, 6.45) is 0.107. The van der Waals surface area contributed by atoms with E-state index in [4.69, 9.17) is 104 Å². The largest absolute Gasteiger partial charge is 0.479 e. The molecule has 0 saturated heterocycles. The number of methoxy groups -OCH3 is 2. The Morgan fingerprint density at radius 3 is 0.620 bits per heavy atom. The number of hydrogen-bond donors (Lipinski definition) is 1. The lowest BCUT2D eigenvalue weighted by Gasteiger charge is -2.14. The second kappa shape index (κ2) is 64.7. The van der Waals surface area contributed by atoms with Gasteiger partial charge in [-0.25, -0.2) is 4.79 Å². The zero-order chi connectivity index (χ0) is 51.1. The van der Waals surface area contributed by atoms with Crippen molar-refractivity contribution >= 4 is 5.97 Å². The maximum atomic E-state index is 11.5. The van der Waals surface area contributed by atoms with Crippen LogP contribution in [-0.2, 0) is 109 Å². The van der Waals surface area contributed by atoms with Gasteiger partial charge in [0.25, 0.3) is 0 Å². The molecule has 1 N–H and O–H groups in total. The van der Waals surface area contributed by atoms with Crippen LogP contribution in [0.1, 0.15) is 12.8 Å². The SMILES string of the molecule is COCCOCCOCCOCCOCCOCCOCCOCCOCCOCCCOCC(OCCCOCCOCCOCCOCCOCCOCCOCCOCCOCCOC)C(=O)O. The maximum absolute atomic E-state index is 11.5. The summed E-state index contributed by atoms with van der Waals surface area (Å²) in [5, 5.41) is 9.44. The van der Waals surface area contributed by atoms with E-state index in [0.29, 0.717) is 271 Å². The second-order valence-corrected chi connectivity index (χ2v) is 14.5. The van der Waals surface area contributed by atoms with E-state index in [1.807, 2.05) is 0 Å². The number of rotatable bonds is 66. The smallest absolute Gasteiger partial charge is 0.335 e. The predicted molar refractivity (Wildman–Crippen MR) is 256 cm³/mol. The minimum atomic E-state index is -1.07. The molecule has 0 amide bonds. The van der Waals surface area contributed by atoms with Gasteiger partial charge >= 0.3 is 5.97 Å². The average molecular weight is 1040 g/mol. The number of aliphatic carboxylic acids is 1. The molecule has 0 fully saturated rings. The molecule has 0 saturated carbocycles. The molecule has 0 rings (SSSR count). The monoisotopic (exact) mass is 1040 g/mol. The van der Waals surface area contributed by atoms with Crippen LogP contribution < -0.4 is 0 Å². The lowest BCUT2D eigenvalue weighted by molar-refractivity contribution is -0.155. The highest BCUT2D eigenvalue weighted by atomic mass is 16.6. The van der Waals surface area contributed by atoms with Crippen molar-refractivity contribution in [2.45, 2.75) is 18.9 Å². The van der Waals surface area contributed by atoms with Gasteiger partial charge in [0.15, 0.2) is 6.10 Å². The number of carboxylic acids is 1. The molecular formula is C47H94O24. The van der Waals surface area contributed by atoms with Gasteiger partial charge in [0.05, 0.1) is 251 Å². The molecule has 0 aliphatic carbocycles. The lowest BCUT2D eigenvalue weighted by Crippen LogP contribution is -2.30. The summed E-state index contributed by atoms with van der Waals surface area (Å²) in [6, 6.07) is 0. The van der Waals surface area contributed by atoms with Crippen molar-refractivity contribution in [3.8, 4) is 0 Å². The van der Waals surface area contributed by atoms with E-state index in [9.17, 15) is 9.90 Å². The van der Waals surface area contributed by atoms with Gasteiger partial charge in [-0.05, 0) is 12.8 Å². The van der Waals surface area contributed by atoms with Gasteiger partial charge in [0.1, 0.15) is 0 Å². The van der Waals surface area contributed by atoms with Crippen LogP contribution >= 0.6 is 0 Å². The Morgan fingerprint density at radius 1 is 0.254 bits per heavy atom. The van der Waals surface area contributed by atoms with Crippen LogP contribution in [0.4, 0.5) is 0 Å². The highest BCUT2D eigenvalue weighted by Gasteiger charge is 2.18. The summed E-state index contributed by atoms with van der Waals surface area (Å²) < 4.78 is 119. The molecule has 0 aromatic rings. The number of hydrogen-bond acceptors (Lipinski definition) is 23. The van der Waals surface area contributed by atoms with E-state index in [1.165, 1.54) is 0 Å². The molecule has 0 aliphatic rings. The molecule has 0 heterocycles. The van der Waals surface area contributed by atoms with E-state index in [0.717, 1.165) is 0 Å². The Hall–Kier alpha value is -1.41. The molecule has 0 bridgehead atoms. The summed E-state index contributed by atoms with van der Waals surface area (Å²) in [5.41, 5.74) is 0. The number of ether oxygens (including phenoxy) is 22. The molecule has 0 radical (unpaired) electrons. The van der Waals surface area contributed by atoms with E-state index in [2.05, 4.69) is 0 Å². The summed E-state index contributed by atoms with van der Waals surface area (Å²) in [7, 11) is 3.28. The van der Waals surface area contributed by atoms with E-state index < -0.39 is 12.1 Å². The van der Waals surface area contributed by atoms with Crippen LogP contribution in [0.3, 0.4) is 0 Å². The highest BCUT2D eigenvalue weighted by Crippen LogP contribution is 1.99. The fourth-order valence-electron chi connectivity index (χ4n) is 5.04. The first-order valence-corrected chi connectivity index (χ1v) is 25.0. The lowest BCUT2D eigenvalue weighted by atomic mass is 10.3. The summed E-state index contributed by atoms with van der Waals surface area (Å²) in [6.45, 7) is 19.2. The number of carbonyl (C=O) groups is 1. The quantitative estimate of drug-likeness (QED) is 0.0831. The average Bonchev–Trinajstić information content (AvgIpc) is 3.37. The van der Waals surface area contributed by atoms with Gasteiger partial charge in [-0.1, -0.05) is 0 Å². The Labute approximate surface area is 423 Å². The van der Waals surface area contributed by atoms with Crippen molar-refractivity contribution < 1.29 is 114 Å². The van der Waals surface area contributed by atoms with Gasteiger partial charge in [-0.2, -0.15) is 0 Å². The van der Waals surface area contributed by atoms with Crippen LogP contribution in [0.25, 0.3) is 0 Å². The van der Waals surface area contributed by atoms with Gasteiger partial charge in [-0.3, -0.25) is 0 Å². The Kier molecular flexibility index (Phi) is 63.4. The van der Waals surface area contributed by atoms with Crippen molar-refractivity contribution in [3.63, 3.8) is 0 Å². The van der Waals surface area contributed by atoms with Crippen molar-refractivity contribution in [1.82, 2.24) is 0 Å². The molecule has 1 unspecified atom stereocenters. The van der Waals surface area contributed by atoms with Crippen molar-refractivity contribution in [3.05, 3.63) is 0 Å². The van der Waals surface area contributed by atoms with E-state index >= 15 is 0 Å². The van der Waals surface area contributed by atoms with Crippen molar-refractivity contribution in [2.24, 2.45) is 0 Å². The molecule has 71 heavy (non-hydrogen) atoms. The zero-order valence-electron chi connectivity index (χ0n) is 43.3. The topological polar surface area (TPSA) is 240 Å². The molecule has 426 valence electrons. The Balaban J connectivity index is 3.28. The van der Waals surface area contributed by atoms with Gasteiger partial charge < -0.3 is 109 Å². The molecule has 1 atom stereocenters. The van der Waals surface area contributed by atoms with Gasteiger partial charge in [0.2, 0.25) is 0 Å². The molecule has 24 heteroatoms. The first-order chi connectivity index (χ1) is 35.2. The summed E-state index contributed by atoms with van der Waals surface area (Å²) in [5.74, 6) is -1.07. The third kappa shape index (κ3) is 62.8.